The fraction of sp³-hybridized carbons (Fsp3) is 0.667. The summed E-state index contributed by atoms with van der Waals surface area (Å²) in [6.45, 7) is 5.90. The fourth-order valence-electron chi connectivity index (χ4n) is 2.99. The zero-order valence-electron chi connectivity index (χ0n) is 12.3. The third kappa shape index (κ3) is 3.50. The van der Waals surface area contributed by atoms with E-state index in [1.807, 2.05) is 13.8 Å². The van der Waals surface area contributed by atoms with Gasteiger partial charge in [0, 0.05) is 15.3 Å². The second-order valence-corrected chi connectivity index (χ2v) is 9.69. The van der Waals surface area contributed by atoms with Crippen LogP contribution in [-0.4, -0.2) is 25.2 Å². The number of carbonyl (C=O) groups is 1. The number of rotatable bonds is 4. The van der Waals surface area contributed by atoms with E-state index in [1.54, 1.807) is 17.4 Å². The van der Waals surface area contributed by atoms with E-state index in [0.717, 1.165) is 22.6 Å². The molecule has 1 heterocycles. The third-order valence-corrected chi connectivity index (χ3v) is 7.14. The average molecular weight is 314 g/mol. The normalized spacial score (nSPS) is 23.8. The van der Waals surface area contributed by atoms with Crippen molar-refractivity contribution in [2.24, 2.45) is 5.92 Å². The van der Waals surface area contributed by atoms with Crippen molar-refractivity contribution >= 4 is 27.0 Å². The smallest absolute Gasteiger partial charge is 0.178 e. The minimum absolute atomic E-state index is 0.245. The Morgan fingerprint density at radius 3 is 2.60 bits per heavy atom. The molecule has 1 aliphatic rings. The van der Waals surface area contributed by atoms with Crippen molar-refractivity contribution in [3.8, 4) is 0 Å². The van der Waals surface area contributed by atoms with Crippen molar-refractivity contribution < 1.29 is 13.2 Å². The Balaban J connectivity index is 2.12. The van der Waals surface area contributed by atoms with E-state index >= 15 is 0 Å². The van der Waals surface area contributed by atoms with Crippen LogP contribution >= 0.6 is 11.3 Å². The maximum atomic E-state index is 12.4. The first kappa shape index (κ1) is 15.7. The minimum atomic E-state index is -3.32. The van der Waals surface area contributed by atoms with E-state index < -0.39 is 9.84 Å². The van der Waals surface area contributed by atoms with E-state index in [-0.39, 0.29) is 16.8 Å². The standard InChI is InChI=1S/C15H22O3S2/c1-10-5-4-6-13(7-10)20(17,18)9-15(16)14-8-11(2)19-12(14)3/h8,10,13H,4-7,9H2,1-3H3. The Morgan fingerprint density at radius 1 is 1.35 bits per heavy atom. The molecule has 1 aromatic heterocycles. The number of ketones is 1. The van der Waals surface area contributed by atoms with Crippen LogP contribution in [0.5, 0.6) is 0 Å². The zero-order chi connectivity index (χ0) is 14.9. The van der Waals surface area contributed by atoms with Gasteiger partial charge in [-0.3, -0.25) is 4.79 Å². The lowest BCUT2D eigenvalue weighted by Gasteiger charge is -2.26. The second-order valence-electron chi connectivity index (χ2n) is 5.95. The largest absolute Gasteiger partial charge is 0.293 e. The van der Waals surface area contributed by atoms with Gasteiger partial charge < -0.3 is 0 Å². The highest BCUT2D eigenvalue weighted by molar-refractivity contribution is 7.92. The van der Waals surface area contributed by atoms with Crippen molar-refractivity contribution in [3.63, 3.8) is 0 Å². The molecule has 0 bridgehead atoms. The number of sulfone groups is 1. The van der Waals surface area contributed by atoms with Gasteiger partial charge >= 0.3 is 0 Å². The summed E-state index contributed by atoms with van der Waals surface area (Å²) in [5.41, 5.74) is 0.583. The highest BCUT2D eigenvalue weighted by Crippen LogP contribution is 2.29. The summed E-state index contributed by atoms with van der Waals surface area (Å²) in [5.74, 6) is -0.129. The number of aryl methyl sites for hydroxylation is 2. The lowest BCUT2D eigenvalue weighted by molar-refractivity contribution is 0.102. The predicted octanol–water partition coefficient (Wildman–Crippen LogP) is 3.54. The third-order valence-electron chi connectivity index (χ3n) is 4.07. The van der Waals surface area contributed by atoms with Crippen LogP contribution in [0.25, 0.3) is 0 Å². The Kier molecular flexibility index (Phi) is 4.69. The van der Waals surface area contributed by atoms with Gasteiger partial charge in [0.1, 0.15) is 5.75 Å². The molecular formula is C15H22O3S2. The molecule has 3 nitrogen and oxygen atoms in total. The number of hydrogen-bond acceptors (Lipinski definition) is 4. The molecule has 0 radical (unpaired) electrons. The zero-order valence-corrected chi connectivity index (χ0v) is 13.9. The summed E-state index contributed by atoms with van der Waals surface area (Å²) >= 11 is 1.54. The van der Waals surface area contributed by atoms with E-state index in [2.05, 4.69) is 6.92 Å². The number of Topliss-reactive ketones (excluding diaryl/α,β-unsaturated/α-hetero) is 1. The van der Waals surface area contributed by atoms with Gasteiger partial charge in [0.05, 0.1) is 5.25 Å². The molecule has 0 spiro atoms. The average Bonchev–Trinajstić information content (AvgIpc) is 2.68. The first-order chi connectivity index (χ1) is 9.29. The quantitative estimate of drug-likeness (QED) is 0.799. The SMILES string of the molecule is Cc1cc(C(=O)CS(=O)(=O)C2CCCC(C)C2)c(C)s1. The molecule has 0 aromatic carbocycles. The predicted molar refractivity (Wildman–Crippen MR) is 83.3 cm³/mol. The first-order valence-electron chi connectivity index (χ1n) is 7.11. The van der Waals surface area contributed by atoms with Crippen LogP contribution < -0.4 is 0 Å². The van der Waals surface area contributed by atoms with Gasteiger partial charge in [-0.1, -0.05) is 19.8 Å². The molecule has 20 heavy (non-hydrogen) atoms. The van der Waals surface area contributed by atoms with Crippen molar-refractivity contribution in [3.05, 3.63) is 21.4 Å². The Bertz CT molecular complexity index is 599. The van der Waals surface area contributed by atoms with Crippen LogP contribution in [0.2, 0.25) is 0 Å². The number of hydrogen-bond donors (Lipinski definition) is 0. The molecule has 5 heteroatoms. The van der Waals surface area contributed by atoms with Crippen LogP contribution in [0.15, 0.2) is 6.07 Å². The molecule has 112 valence electrons. The summed E-state index contributed by atoms with van der Waals surface area (Å²) in [6.07, 6.45) is 3.47. The molecule has 1 aromatic rings. The van der Waals surface area contributed by atoms with Gasteiger partial charge in [-0.25, -0.2) is 8.42 Å². The molecule has 1 aliphatic carbocycles. The summed E-state index contributed by atoms with van der Waals surface area (Å²) in [5, 5.41) is -0.324. The van der Waals surface area contributed by atoms with Gasteiger partial charge in [0.15, 0.2) is 15.6 Å². The summed E-state index contributed by atoms with van der Waals surface area (Å²) in [6, 6.07) is 1.81. The number of thiophene rings is 1. The molecule has 1 saturated carbocycles. The Labute approximate surface area is 125 Å². The van der Waals surface area contributed by atoms with E-state index in [1.165, 1.54) is 0 Å². The highest BCUT2D eigenvalue weighted by atomic mass is 32.2. The molecule has 2 atom stereocenters. The molecule has 0 amide bonds. The molecule has 0 aliphatic heterocycles. The van der Waals surface area contributed by atoms with Crippen molar-refractivity contribution in [2.45, 2.75) is 51.7 Å². The van der Waals surface area contributed by atoms with E-state index in [9.17, 15) is 13.2 Å². The van der Waals surface area contributed by atoms with Crippen molar-refractivity contribution in [1.82, 2.24) is 0 Å². The molecule has 1 fully saturated rings. The van der Waals surface area contributed by atoms with Gasteiger partial charge in [-0.05, 0) is 38.7 Å². The van der Waals surface area contributed by atoms with Gasteiger partial charge in [-0.15, -0.1) is 11.3 Å². The van der Waals surface area contributed by atoms with Gasteiger partial charge in [0.25, 0.3) is 0 Å². The van der Waals surface area contributed by atoms with Crippen molar-refractivity contribution in [2.75, 3.05) is 5.75 Å². The second kappa shape index (κ2) is 5.98. The summed E-state index contributed by atoms with van der Waals surface area (Å²) in [7, 11) is -3.32. The van der Waals surface area contributed by atoms with Gasteiger partial charge in [0.2, 0.25) is 0 Å². The molecule has 0 saturated heterocycles. The maximum Gasteiger partial charge on any atom is 0.178 e. The Hall–Kier alpha value is -0.680. The minimum Gasteiger partial charge on any atom is -0.293 e. The monoisotopic (exact) mass is 314 g/mol. The van der Waals surface area contributed by atoms with Crippen LogP contribution in [0.4, 0.5) is 0 Å². The van der Waals surface area contributed by atoms with Crippen molar-refractivity contribution in [1.29, 1.82) is 0 Å². The summed E-state index contributed by atoms with van der Waals surface area (Å²) < 4.78 is 24.8. The van der Waals surface area contributed by atoms with Gasteiger partial charge in [-0.2, -0.15) is 0 Å². The highest BCUT2D eigenvalue weighted by Gasteiger charge is 2.32. The first-order valence-corrected chi connectivity index (χ1v) is 9.64. The maximum absolute atomic E-state index is 12.4. The number of carbonyl (C=O) groups excluding carboxylic acids is 1. The molecular weight excluding hydrogens is 292 g/mol. The molecule has 2 unspecified atom stereocenters. The lowest BCUT2D eigenvalue weighted by Crippen LogP contribution is -2.32. The van der Waals surface area contributed by atoms with E-state index in [0.29, 0.717) is 24.3 Å². The van der Waals surface area contributed by atoms with Crippen LogP contribution in [0.3, 0.4) is 0 Å². The van der Waals surface area contributed by atoms with Crippen LogP contribution in [0, 0.1) is 19.8 Å². The lowest BCUT2D eigenvalue weighted by atomic mass is 9.91. The molecule has 2 rings (SSSR count). The topological polar surface area (TPSA) is 51.2 Å². The van der Waals surface area contributed by atoms with Crippen LogP contribution in [0.1, 0.15) is 52.7 Å². The fourth-order valence-corrected chi connectivity index (χ4v) is 5.84. The van der Waals surface area contributed by atoms with E-state index in [4.69, 9.17) is 0 Å². The summed E-state index contributed by atoms with van der Waals surface area (Å²) in [4.78, 5) is 14.2. The Morgan fingerprint density at radius 2 is 2.05 bits per heavy atom. The van der Waals surface area contributed by atoms with Crippen LogP contribution in [-0.2, 0) is 9.84 Å². The molecule has 0 N–H and O–H groups in total.